The van der Waals surface area contributed by atoms with Crippen molar-refractivity contribution in [3.05, 3.63) is 0 Å². The summed E-state index contributed by atoms with van der Waals surface area (Å²) in [5, 5.41) is 0. The van der Waals surface area contributed by atoms with Crippen LogP contribution in [0.25, 0.3) is 0 Å². The summed E-state index contributed by atoms with van der Waals surface area (Å²) in [6.45, 7) is 7.18. The van der Waals surface area contributed by atoms with Gasteiger partial charge >= 0.3 is 0 Å². The molecular weight excluding hydrogens is 132 g/mol. The second kappa shape index (κ2) is 4.79. The fourth-order valence-electron chi connectivity index (χ4n) is 2.56. The molecule has 0 saturated heterocycles. The molecule has 68 valence electrons. The first-order valence-electron chi connectivity index (χ1n) is 4.75. The monoisotopic (exact) mass is 156 g/mol. The maximum atomic E-state index is 2.42. The zero-order valence-corrected chi connectivity index (χ0v) is 7.56. The van der Waals surface area contributed by atoms with Crippen LogP contribution in [0.1, 0.15) is 53.9 Å². The maximum Gasteiger partial charge on any atom is -0.0365 e. The Morgan fingerprint density at radius 2 is 1.55 bits per heavy atom. The summed E-state index contributed by atoms with van der Waals surface area (Å²) >= 11 is 0. The summed E-state index contributed by atoms with van der Waals surface area (Å²) < 4.78 is 0. The number of hydrogen-bond acceptors (Lipinski definition) is 0. The lowest BCUT2D eigenvalue weighted by atomic mass is 9.72. The molecule has 11 heavy (non-hydrogen) atoms. The number of hydrogen-bond donors (Lipinski definition) is 0. The van der Waals surface area contributed by atoms with E-state index in [1.807, 2.05) is 0 Å². The van der Waals surface area contributed by atoms with Gasteiger partial charge in [0.1, 0.15) is 0 Å². The third-order valence-electron chi connectivity index (χ3n) is 3.25. The Balaban J connectivity index is 0.000001000. The van der Waals surface area contributed by atoms with E-state index in [9.17, 15) is 0 Å². The predicted octanol–water partition coefficient (Wildman–Crippen LogP) is 4.10. The zero-order chi connectivity index (χ0) is 7.56. The summed E-state index contributed by atoms with van der Waals surface area (Å²) in [4.78, 5) is 0. The highest BCUT2D eigenvalue weighted by atomic mass is 14.3. The zero-order valence-electron chi connectivity index (χ0n) is 7.56. The fraction of sp³-hybridized carbons (Fsp3) is 1.00. The van der Waals surface area contributed by atoms with Gasteiger partial charge < -0.3 is 0 Å². The van der Waals surface area contributed by atoms with Crippen LogP contribution in [-0.4, -0.2) is 0 Å². The van der Waals surface area contributed by atoms with Crippen molar-refractivity contribution in [1.29, 1.82) is 0 Å². The largest absolute Gasteiger partial charge is 0.0776 e. The molecule has 0 aliphatic heterocycles. The summed E-state index contributed by atoms with van der Waals surface area (Å²) in [5.41, 5.74) is 0. The summed E-state index contributed by atoms with van der Waals surface area (Å²) in [5.74, 6) is 3.01. The third kappa shape index (κ3) is 2.50. The van der Waals surface area contributed by atoms with Gasteiger partial charge in [0.2, 0.25) is 0 Å². The fourth-order valence-corrected chi connectivity index (χ4v) is 2.56. The molecule has 1 aliphatic rings. The average molecular weight is 156 g/mol. The first-order valence-corrected chi connectivity index (χ1v) is 4.75. The van der Waals surface area contributed by atoms with E-state index >= 15 is 0 Å². The minimum absolute atomic E-state index is 0. The lowest BCUT2D eigenvalue weighted by molar-refractivity contribution is 0.174. The lowest BCUT2D eigenvalue weighted by Gasteiger charge is -2.33. The van der Waals surface area contributed by atoms with E-state index in [2.05, 4.69) is 20.8 Å². The van der Waals surface area contributed by atoms with Gasteiger partial charge in [-0.05, 0) is 17.8 Å². The van der Waals surface area contributed by atoms with Crippen molar-refractivity contribution >= 4 is 0 Å². The Bertz CT molecular complexity index is 86.2. The quantitative estimate of drug-likeness (QED) is 0.536. The molecule has 0 spiro atoms. The maximum absolute atomic E-state index is 2.42. The van der Waals surface area contributed by atoms with Crippen LogP contribution >= 0.6 is 0 Å². The van der Waals surface area contributed by atoms with E-state index in [0.29, 0.717) is 0 Å². The molecule has 0 aromatic carbocycles. The van der Waals surface area contributed by atoms with Gasteiger partial charge in [-0.3, -0.25) is 0 Å². The molecule has 1 rings (SSSR count). The molecule has 0 heteroatoms. The first kappa shape index (κ1) is 11.0. The molecule has 1 aliphatic carbocycles. The van der Waals surface area contributed by atoms with Gasteiger partial charge in [-0.2, -0.15) is 0 Å². The molecule has 0 bridgehead atoms. The molecule has 0 amide bonds. The van der Waals surface area contributed by atoms with E-state index in [1.54, 1.807) is 0 Å². The Morgan fingerprint density at radius 1 is 1.09 bits per heavy atom. The van der Waals surface area contributed by atoms with Crippen molar-refractivity contribution in [3.8, 4) is 0 Å². The predicted molar refractivity (Wildman–Crippen MR) is 52.7 cm³/mol. The minimum atomic E-state index is 0. The van der Waals surface area contributed by atoms with Crippen LogP contribution in [0.4, 0.5) is 0 Å². The van der Waals surface area contributed by atoms with Crippen molar-refractivity contribution in [2.75, 3.05) is 0 Å². The van der Waals surface area contributed by atoms with E-state index < -0.39 is 0 Å². The second-order valence-electron chi connectivity index (χ2n) is 3.96. The van der Waals surface area contributed by atoms with Crippen molar-refractivity contribution in [2.24, 2.45) is 17.8 Å². The van der Waals surface area contributed by atoms with Crippen molar-refractivity contribution in [3.63, 3.8) is 0 Å². The smallest absolute Gasteiger partial charge is 0.0365 e. The second-order valence-corrected chi connectivity index (χ2v) is 3.96. The number of rotatable bonds is 1. The van der Waals surface area contributed by atoms with Gasteiger partial charge in [0.05, 0.1) is 0 Å². The Kier molecular flexibility index (Phi) is 4.79. The van der Waals surface area contributed by atoms with Gasteiger partial charge in [0.15, 0.2) is 0 Å². The SMILES string of the molecule is C.CCC1C(C)CCCC1C. The first-order chi connectivity index (χ1) is 4.75. The molecule has 0 aromatic heterocycles. The molecule has 2 atom stereocenters. The van der Waals surface area contributed by atoms with Gasteiger partial charge in [-0.25, -0.2) is 0 Å². The van der Waals surface area contributed by atoms with E-state index in [1.165, 1.54) is 25.7 Å². The van der Waals surface area contributed by atoms with Gasteiger partial charge in [0.25, 0.3) is 0 Å². The summed E-state index contributed by atoms with van der Waals surface area (Å²) in [6, 6.07) is 0. The van der Waals surface area contributed by atoms with Crippen molar-refractivity contribution < 1.29 is 0 Å². The lowest BCUT2D eigenvalue weighted by Crippen LogP contribution is -2.23. The molecule has 2 unspecified atom stereocenters. The van der Waals surface area contributed by atoms with Crippen LogP contribution in [-0.2, 0) is 0 Å². The van der Waals surface area contributed by atoms with Gasteiger partial charge in [-0.15, -0.1) is 0 Å². The minimum Gasteiger partial charge on any atom is -0.0776 e. The summed E-state index contributed by atoms with van der Waals surface area (Å²) in [7, 11) is 0. The Hall–Kier alpha value is 0. The highest BCUT2D eigenvalue weighted by Crippen LogP contribution is 2.35. The van der Waals surface area contributed by atoms with E-state index in [4.69, 9.17) is 0 Å². The normalized spacial score (nSPS) is 37.9. The molecule has 0 aromatic rings. The van der Waals surface area contributed by atoms with E-state index in [0.717, 1.165) is 17.8 Å². The van der Waals surface area contributed by atoms with Crippen LogP contribution in [0.15, 0.2) is 0 Å². The van der Waals surface area contributed by atoms with Crippen LogP contribution in [0.5, 0.6) is 0 Å². The highest BCUT2D eigenvalue weighted by molar-refractivity contribution is 4.76. The van der Waals surface area contributed by atoms with Crippen LogP contribution in [0, 0.1) is 17.8 Å². The average Bonchev–Trinajstić information content (AvgIpc) is 1.88. The summed E-state index contributed by atoms with van der Waals surface area (Å²) in [6.07, 6.45) is 5.81. The Morgan fingerprint density at radius 3 is 1.82 bits per heavy atom. The molecule has 1 fully saturated rings. The van der Waals surface area contributed by atoms with E-state index in [-0.39, 0.29) is 7.43 Å². The Labute approximate surface area is 72.4 Å². The molecule has 0 nitrogen and oxygen atoms in total. The topological polar surface area (TPSA) is 0 Å². The molecule has 0 heterocycles. The molecule has 0 radical (unpaired) electrons. The van der Waals surface area contributed by atoms with Crippen LogP contribution in [0.3, 0.4) is 0 Å². The van der Waals surface area contributed by atoms with Crippen LogP contribution in [0.2, 0.25) is 0 Å². The highest BCUT2D eigenvalue weighted by Gasteiger charge is 2.25. The standard InChI is InChI=1S/C10H20.CH4/c1-4-10-8(2)6-5-7-9(10)3;/h8-10H,4-7H2,1-3H3;1H4. The van der Waals surface area contributed by atoms with Gasteiger partial charge in [0, 0.05) is 0 Å². The van der Waals surface area contributed by atoms with Crippen molar-refractivity contribution in [2.45, 2.75) is 53.9 Å². The van der Waals surface area contributed by atoms with Gasteiger partial charge in [-0.1, -0.05) is 53.9 Å². The molecule has 0 N–H and O–H groups in total. The molecular formula is C11H24. The third-order valence-corrected chi connectivity index (χ3v) is 3.25. The molecule has 1 saturated carbocycles. The van der Waals surface area contributed by atoms with Crippen LogP contribution < -0.4 is 0 Å². The van der Waals surface area contributed by atoms with Crippen molar-refractivity contribution in [1.82, 2.24) is 0 Å².